The third-order valence-electron chi connectivity index (χ3n) is 12.1. The van der Waals surface area contributed by atoms with Crippen LogP contribution in [0, 0.1) is 17.8 Å². The lowest BCUT2D eigenvalue weighted by Gasteiger charge is -2.46. The van der Waals surface area contributed by atoms with Crippen LogP contribution in [0.3, 0.4) is 0 Å². The van der Waals surface area contributed by atoms with E-state index in [4.69, 9.17) is 28.7 Å². The molecule has 3 aliphatic heterocycles. The van der Waals surface area contributed by atoms with Crippen LogP contribution in [0.1, 0.15) is 74.7 Å². The number of ether oxygens (including phenoxy) is 5. The van der Waals surface area contributed by atoms with Crippen LogP contribution in [-0.2, 0) is 23.7 Å². The fraction of sp³-hybridized carbons (Fsp3) is 0.674. The number of nitrogens with zero attached hydrogens (tertiary/aromatic N) is 3. The number of hydrogen-bond donors (Lipinski definition) is 4. The fourth-order valence-electron chi connectivity index (χ4n) is 8.92. The third-order valence-corrected chi connectivity index (χ3v) is 12.1. The fourth-order valence-corrected chi connectivity index (χ4v) is 8.92. The maximum atomic E-state index is 13.8. The summed E-state index contributed by atoms with van der Waals surface area (Å²) in [4.78, 5) is 22.7. The lowest BCUT2D eigenvalue weighted by atomic mass is 9.78. The van der Waals surface area contributed by atoms with Crippen molar-refractivity contribution in [3.8, 4) is 16.9 Å². The molecule has 2 bridgehead atoms. The standard InChI is InChI=1S/C43H65N3O10/c1-12-34-43(8,51)38-28(6)46(41(56-38)44-31-19-18-30(21-33(31)52-11)29-16-14-13-15-17-29)23-24(2)22-42(7,50)37(26(4)35(47)27(5)39(49)54-34)55-40-36(48)32(45(9)10)20-25(3)53-40/h13-19,21,24-28,32,34-38,40,47-48,50-51H,12,20,22-23H2,1-11H3/t24-,25-,26+,27-,28-,32+,34-,35+,36-,37-,38-,40+,42-,43-/m1/s1. The molecule has 0 saturated carbocycles. The van der Waals surface area contributed by atoms with E-state index < -0.39 is 71.9 Å². The van der Waals surface area contributed by atoms with Crippen molar-refractivity contribution in [2.75, 3.05) is 27.7 Å². The van der Waals surface area contributed by atoms with E-state index in [0.717, 1.165) is 11.1 Å². The van der Waals surface area contributed by atoms with Crippen molar-refractivity contribution in [1.82, 2.24) is 9.80 Å². The number of benzene rings is 2. The van der Waals surface area contributed by atoms with E-state index >= 15 is 0 Å². The van der Waals surface area contributed by atoms with Gasteiger partial charge in [-0.1, -0.05) is 57.2 Å². The second-order valence-corrected chi connectivity index (χ2v) is 17.1. The zero-order chi connectivity index (χ0) is 41.3. The van der Waals surface area contributed by atoms with Crippen molar-refractivity contribution >= 4 is 17.7 Å². The van der Waals surface area contributed by atoms with Gasteiger partial charge in [0.2, 0.25) is 0 Å². The number of rotatable bonds is 7. The van der Waals surface area contributed by atoms with Gasteiger partial charge in [0.15, 0.2) is 12.4 Å². The molecular weight excluding hydrogens is 718 g/mol. The number of carbonyl (C=O) groups excluding carboxylic acids is 1. The Kier molecular flexibility index (Phi) is 13.8. The van der Waals surface area contributed by atoms with Crippen LogP contribution >= 0.6 is 0 Å². The Hall–Kier alpha value is -3.30. The summed E-state index contributed by atoms with van der Waals surface area (Å²) >= 11 is 0. The Bertz CT molecular complexity index is 1650. The van der Waals surface area contributed by atoms with Gasteiger partial charge in [-0.15, -0.1) is 0 Å². The number of aliphatic hydroxyl groups excluding tert-OH is 2. The Balaban J connectivity index is 1.56. The van der Waals surface area contributed by atoms with Crippen molar-refractivity contribution in [3.05, 3.63) is 48.5 Å². The van der Waals surface area contributed by atoms with E-state index in [9.17, 15) is 25.2 Å². The molecule has 3 fully saturated rings. The van der Waals surface area contributed by atoms with E-state index in [0.29, 0.717) is 24.4 Å². The smallest absolute Gasteiger partial charge is 0.311 e. The number of carbonyl (C=O) groups is 1. The highest BCUT2D eigenvalue weighted by atomic mass is 16.7. The topological polar surface area (TPSA) is 163 Å². The first-order valence-electron chi connectivity index (χ1n) is 20.0. The average molecular weight is 784 g/mol. The molecule has 3 saturated heterocycles. The van der Waals surface area contributed by atoms with Gasteiger partial charge in [0.1, 0.15) is 29.2 Å². The van der Waals surface area contributed by atoms with E-state index in [1.807, 2.05) is 100 Å². The normalized spacial score (nSPS) is 39.5. The lowest BCUT2D eigenvalue weighted by Crippen LogP contribution is -2.59. The molecule has 5 rings (SSSR count). The molecule has 4 N–H and O–H groups in total. The monoisotopic (exact) mass is 783 g/mol. The first kappa shape index (κ1) is 43.8. The lowest BCUT2D eigenvalue weighted by molar-refractivity contribution is -0.299. The predicted molar refractivity (Wildman–Crippen MR) is 213 cm³/mol. The number of methoxy groups -OCH3 is 1. The second-order valence-electron chi connectivity index (χ2n) is 17.1. The molecule has 13 heteroatoms. The van der Waals surface area contributed by atoms with Gasteiger partial charge < -0.3 is 53.9 Å². The number of aliphatic imine (C=N–C) groups is 1. The van der Waals surface area contributed by atoms with Crippen LogP contribution in [0.5, 0.6) is 5.75 Å². The molecule has 0 unspecified atom stereocenters. The molecule has 0 aromatic heterocycles. The highest BCUT2D eigenvalue weighted by Gasteiger charge is 2.54. The molecule has 14 atom stereocenters. The van der Waals surface area contributed by atoms with Crippen molar-refractivity contribution in [3.63, 3.8) is 0 Å². The van der Waals surface area contributed by atoms with Gasteiger partial charge in [0.25, 0.3) is 6.02 Å². The zero-order valence-corrected chi connectivity index (χ0v) is 35.0. The first-order valence-corrected chi connectivity index (χ1v) is 20.0. The van der Waals surface area contributed by atoms with Crippen LogP contribution in [-0.4, -0.2) is 136 Å². The Morgan fingerprint density at radius 1 is 0.964 bits per heavy atom. The van der Waals surface area contributed by atoms with Gasteiger partial charge in [-0.25, -0.2) is 0 Å². The summed E-state index contributed by atoms with van der Waals surface area (Å²) in [6, 6.07) is 15.2. The quantitative estimate of drug-likeness (QED) is 0.286. The number of esters is 1. The van der Waals surface area contributed by atoms with E-state index in [-0.39, 0.29) is 36.9 Å². The van der Waals surface area contributed by atoms with Gasteiger partial charge in [-0.2, -0.15) is 4.99 Å². The third kappa shape index (κ3) is 9.20. The second kappa shape index (κ2) is 17.7. The molecular formula is C43H65N3O10. The molecule has 0 amide bonds. The van der Waals surface area contributed by atoms with Crippen molar-refractivity contribution in [2.45, 2.75) is 141 Å². The number of cyclic esters (lactones) is 1. The number of aliphatic hydroxyl groups is 4. The molecule has 2 aromatic rings. The highest BCUT2D eigenvalue weighted by molar-refractivity contribution is 5.82. The predicted octanol–water partition coefficient (Wildman–Crippen LogP) is 4.75. The number of amidine groups is 1. The zero-order valence-electron chi connectivity index (χ0n) is 35.0. The summed E-state index contributed by atoms with van der Waals surface area (Å²) in [6.07, 6.45) is -5.63. The molecule has 0 aliphatic carbocycles. The van der Waals surface area contributed by atoms with E-state index in [1.165, 1.54) is 0 Å². The average Bonchev–Trinajstić information content (AvgIpc) is 3.46. The molecule has 312 valence electrons. The Morgan fingerprint density at radius 2 is 1.64 bits per heavy atom. The van der Waals surface area contributed by atoms with Crippen molar-refractivity contribution in [2.24, 2.45) is 22.7 Å². The maximum Gasteiger partial charge on any atom is 0.311 e. The molecule has 0 spiro atoms. The van der Waals surface area contributed by atoms with Gasteiger partial charge in [0, 0.05) is 18.5 Å². The molecule has 13 nitrogen and oxygen atoms in total. The highest BCUT2D eigenvalue weighted by Crippen LogP contribution is 2.40. The first-order chi connectivity index (χ1) is 26.3. The van der Waals surface area contributed by atoms with Crippen LogP contribution in [0.4, 0.5) is 5.69 Å². The summed E-state index contributed by atoms with van der Waals surface area (Å²) in [5.74, 6) is -2.29. The van der Waals surface area contributed by atoms with Crippen LogP contribution in [0.15, 0.2) is 53.5 Å². The van der Waals surface area contributed by atoms with Gasteiger partial charge in [0.05, 0.1) is 43.0 Å². The number of hydrogen-bond acceptors (Lipinski definition) is 12. The summed E-state index contributed by atoms with van der Waals surface area (Å²) in [5, 5.41) is 47.8. The van der Waals surface area contributed by atoms with Gasteiger partial charge in [-0.3, -0.25) is 4.79 Å². The van der Waals surface area contributed by atoms with Gasteiger partial charge >= 0.3 is 5.97 Å². The molecule has 3 heterocycles. The minimum atomic E-state index is -1.68. The van der Waals surface area contributed by atoms with Crippen LogP contribution in [0.2, 0.25) is 0 Å². The minimum absolute atomic E-state index is 0.188. The number of fused-ring (bicyclic) bond motifs is 2. The number of likely N-dealkylation sites (N-methyl/N-ethyl adjacent to an activating group) is 1. The maximum absolute atomic E-state index is 13.8. The molecule has 0 radical (unpaired) electrons. The SMILES string of the molecule is CC[C@H]1OC(=O)[C@H](C)[C@@H](O)[C@H](C)[C@@H](O[C@@H]2O[C@H](C)C[C@H](N(C)C)[C@H]2O)[C@](C)(O)C[C@@H](C)CN2C(=Nc3ccc(-c4ccccc4)cc3OC)O[C@H]([C@H]2C)[C@]1(C)O. The summed E-state index contributed by atoms with van der Waals surface area (Å²) in [6.45, 7) is 14.5. The van der Waals surface area contributed by atoms with Crippen LogP contribution in [0.25, 0.3) is 11.1 Å². The van der Waals surface area contributed by atoms with Crippen molar-refractivity contribution < 1.29 is 48.9 Å². The molecule has 2 aromatic carbocycles. The molecule has 3 aliphatic rings. The summed E-state index contributed by atoms with van der Waals surface area (Å²) < 4.78 is 31.1. The summed E-state index contributed by atoms with van der Waals surface area (Å²) in [7, 11) is 5.35. The summed E-state index contributed by atoms with van der Waals surface area (Å²) in [5.41, 5.74) is -0.759. The van der Waals surface area contributed by atoms with Crippen LogP contribution < -0.4 is 4.74 Å². The van der Waals surface area contributed by atoms with E-state index in [2.05, 4.69) is 0 Å². The minimum Gasteiger partial charge on any atom is -0.494 e. The Labute approximate surface area is 332 Å². The van der Waals surface area contributed by atoms with Crippen molar-refractivity contribution in [1.29, 1.82) is 0 Å². The Morgan fingerprint density at radius 3 is 2.27 bits per heavy atom. The van der Waals surface area contributed by atoms with E-state index in [1.54, 1.807) is 34.8 Å². The van der Waals surface area contributed by atoms with Gasteiger partial charge in [-0.05, 0) is 97.2 Å². The molecule has 56 heavy (non-hydrogen) atoms. The largest absolute Gasteiger partial charge is 0.494 e.